The lowest BCUT2D eigenvalue weighted by Gasteiger charge is -1.97. The third-order valence-corrected chi connectivity index (χ3v) is 2.50. The fourth-order valence-electron chi connectivity index (χ4n) is 1.45. The van der Waals surface area contributed by atoms with E-state index in [4.69, 9.17) is 16.3 Å². The van der Waals surface area contributed by atoms with Crippen molar-refractivity contribution in [3.8, 4) is 11.4 Å². The number of carbonyl (C=O) groups is 1. The molecule has 18 heavy (non-hydrogen) atoms. The van der Waals surface area contributed by atoms with Gasteiger partial charge in [0.2, 0.25) is 0 Å². The summed E-state index contributed by atoms with van der Waals surface area (Å²) in [4.78, 5) is 18.6. The van der Waals surface area contributed by atoms with Gasteiger partial charge in [-0.2, -0.15) is 0 Å². The van der Waals surface area contributed by atoms with Crippen molar-refractivity contribution in [1.82, 2.24) is 9.97 Å². The molecule has 0 aliphatic rings. The Bertz CT molecular complexity index is 526. The lowest BCUT2D eigenvalue weighted by atomic mass is 10.2. The topological polar surface area (TPSA) is 55.0 Å². The van der Waals surface area contributed by atoms with Gasteiger partial charge >= 0.3 is 5.97 Å². The number of aromatic nitrogens is 2. The van der Waals surface area contributed by atoms with Crippen LogP contribution in [-0.2, 0) is 4.74 Å². The summed E-state index contributed by atoms with van der Waals surface area (Å²) >= 11 is 5.94. The molecule has 96 valence electrons. The van der Waals surface area contributed by atoms with Crippen molar-refractivity contribution in [2.45, 2.75) is 6.92 Å². The number of carbonyl (C=O) groups excluding carboxylic acids is 1. The second kappa shape index (κ2) is 6.42. The molecular formula is C12H12Cl2N2O2. The highest BCUT2D eigenvalue weighted by Crippen LogP contribution is 2.24. The van der Waals surface area contributed by atoms with Gasteiger partial charge in [-0.15, -0.1) is 12.4 Å². The van der Waals surface area contributed by atoms with E-state index >= 15 is 0 Å². The van der Waals surface area contributed by atoms with E-state index in [2.05, 4.69) is 9.97 Å². The van der Waals surface area contributed by atoms with Crippen LogP contribution in [0, 0.1) is 0 Å². The van der Waals surface area contributed by atoms with Crippen molar-refractivity contribution in [3.05, 3.63) is 41.2 Å². The number of nitrogens with one attached hydrogen (secondary N) is 1. The van der Waals surface area contributed by atoms with Gasteiger partial charge in [-0.3, -0.25) is 4.98 Å². The summed E-state index contributed by atoms with van der Waals surface area (Å²) < 4.78 is 4.89. The Morgan fingerprint density at radius 1 is 1.50 bits per heavy atom. The van der Waals surface area contributed by atoms with Crippen LogP contribution >= 0.6 is 24.0 Å². The molecule has 4 nitrogen and oxygen atoms in total. The summed E-state index contributed by atoms with van der Waals surface area (Å²) in [6.45, 7) is 2.07. The van der Waals surface area contributed by atoms with Crippen LogP contribution in [0.5, 0.6) is 0 Å². The molecule has 0 spiro atoms. The number of H-pyrrole nitrogens is 1. The SMILES string of the molecule is CCOC(=O)c1cc(-c2ccccn2)[nH]c1Cl.Cl. The van der Waals surface area contributed by atoms with Gasteiger partial charge in [-0.05, 0) is 25.1 Å². The van der Waals surface area contributed by atoms with Crippen LogP contribution in [0.1, 0.15) is 17.3 Å². The molecule has 0 aromatic carbocycles. The minimum atomic E-state index is -0.434. The van der Waals surface area contributed by atoms with Gasteiger partial charge in [0.25, 0.3) is 0 Å². The minimum absolute atomic E-state index is 0. The van der Waals surface area contributed by atoms with Crippen molar-refractivity contribution in [1.29, 1.82) is 0 Å². The third-order valence-electron chi connectivity index (χ3n) is 2.21. The molecule has 2 heterocycles. The third kappa shape index (κ3) is 3.03. The number of pyridine rings is 1. The average molecular weight is 287 g/mol. The second-order valence-electron chi connectivity index (χ2n) is 3.35. The summed E-state index contributed by atoms with van der Waals surface area (Å²) in [7, 11) is 0. The molecule has 2 aromatic rings. The first-order chi connectivity index (χ1) is 8.22. The Kier molecular flexibility index (Phi) is 5.19. The zero-order valence-electron chi connectivity index (χ0n) is 9.64. The minimum Gasteiger partial charge on any atom is -0.462 e. The highest BCUT2D eigenvalue weighted by Gasteiger charge is 2.16. The zero-order chi connectivity index (χ0) is 12.3. The molecule has 0 bridgehead atoms. The van der Waals surface area contributed by atoms with Crippen LogP contribution in [0.4, 0.5) is 0 Å². The zero-order valence-corrected chi connectivity index (χ0v) is 11.2. The number of rotatable bonds is 3. The molecule has 0 atom stereocenters. The first-order valence-corrected chi connectivity index (χ1v) is 5.57. The van der Waals surface area contributed by atoms with E-state index < -0.39 is 5.97 Å². The number of halogens is 2. The smallest absolute Gasteiger partial charge is 0.341 e. The maximum atomic E-state index is 11.6. The van der Waals surface area contributed by atoms with Gasteiger partial charge in [0.1, 0.15) is 5.15 Å². The van der Waals surface area contributed by atoms with E-state index in [-0.39, 0.29) is 17.6 Å². The van der Waals surface area contributed by atoms with Crippen LogP contribution in [0.2, 0.25) is 5.15 Å². The van der Waals surface area contributed by atoms with E-state index in [1.165, 1.54) is 0 Å². The normalized spacial score (nSPS) is 9.67. The summed E-state index contributed by atoms with van der Waals surface area (Å²) in [5.74, 6) is -0.434. The van der Waals surface area contributed by atoms with E-state index in [1.807, 2.05) is 18.2 Å². The summed E-state index contributed by atoms with van der Waals surface area (Å²) in [6, 6.07) is 7.15. The first-order valence-electron chi connectivity index (χ1n) is 5.19. The number of esters is 1. The molecular weight excluding hydrogens is 275 g/mol. The van der Waals surface area contributed by atoms with Crippen molar-refractivity contribution in [2.75, 3.05) is 6.61 Å². The predicted molar refractivity (Wildman–Crippen MR) is 72.2 cm³/mol. The molecule has 0 aliphatic carbocycles. The van der Waals surface area contributed by atoms with E-state index in [0.29, 0.717) is 17.9 Å². The standard InChI is InChI=1S/C12H11ClN2O2.ClH/c1-2-17-12(16)8-7-10(15-11(8)13)9-5-3-4-6-14-9;/h3-7,15H,2H2,1H3;1H. The van der Waals surface area contributed by atoms with Gasteiger partial charge in [0, 0.05) is 6.20 Å². The van der Waals surface area contributed by atoms with Gasteiger partial charge in [0.05, 0.1) is 23.6 Å². The largest absolute Gasteiger partial charge is 0.462 e. The Balaban J connectivity index is 0.00000162. The molecule has 0 saturated heterocycles. The molecule has 0 amide bonds. The Morgan fingerprint density at radius 2 is 2.28 bits per heavy atom. The number of aromatic amines is 1. The summed E-state index contributed by atoms with van der Waals surface area (Å²) in [6.07, 6.45) is 1.67. The monoisotopic (exact) mass is 286 g/mol. The quantitative estimate of drug-likeness (QED) is 0.881. The summed E-state index contributed by atoms with van der Waals surface area (Å²) in [5.41, 5.74) is 1.75. The number of nitrogens with zero attached hydrogens (tertiary/aromatic N) is 1. The molecule has 2 rings (SSSR count). The Labute approximate surface area is 116 Å². The van der Waals surface area contributed by atoms with Crippen molar-refractivity contribution < 1.29 is 9.53 Å². The number of ether oxygens (including phenoxy) is 1. The maximum absolute atomic E-state index is 11.6. The molecule has 2 aromatic heterocycles. The van der Waals surface area contributed by atoms with Crippen LogP contribution in [0.15, 0.2) is 30.5 Å². The van der Waals surface area contributed by atoms with Gasteiger partial charge in [-0.1, -0.05) is 17.7 Å². The molecule has 6 heteroatoms. The van der Waals surface area contributed by atoms with Crippen molar-refractivity contribution in [2.24, 2.45) is 0 Å². The molecule has 0 aliphatic heterocycles. The number of hydrogen-bond donors (Lipinski definition) is 1. The first kappa shape index (κ1) is 14.5. The molecule has 0 saturated carbocycles. The van der Waals surface area contributed by atoms with Crippen LogP contribution in [0.3, 0.4) is 0 Å². The average Bonchev–Trinajstić information content (AvgIpc) is 2.73. The Morgan fingerprint density at radius 3 is 2.89 bits per heavy atom. The molecule has 1 N–H and O–H groups in total. The maximum Gasteiger partial charge on any atom is 0.341 e. The van der Waals surface area contributed by atoms with Crippen LogP contribution in [-0.4, -0.2) is 22.5 Å². The fraction of sp³-hybridized carbons (Fsp3) is 0.167. The molecule has 0 fully saturated rings. The van der Waals surface area contributed by atoms with Crippen LogP contribution < -0.4 is 0 Å². The van der Waals surface area contributed by atoms with E-state index in [9.17, 15) is 4.79 Å². The highest BCUT2D eigenvalue weighted by molar-refractivity contribution is 6.32. The van der Waals surface area contributed by atoms with Gasteiger partial charge in [0.15, 0.2) is 0 Å². The van der Waals surface area contributed by atoms with Crippen molar-refractivity contribution >= 4 is 30.0 Å². The fourth-order valence-corrected chi connectivity index (χ4v) is 1.68. The summed E-state index contributed by atoms with van der Waals surface area (Å²) in [5, 5.41) is 0.268. The van der Waals surface area contributed by atoms with Crippen molar-refractivity contribution in [3.63, 3.8) is 0 Å². The Hall–Kier alpha value is -1.52. The van der Waals surface area contributed by atoms with Crippen LogP contribution in [0.25, 0.3) is 11.4 Å². The molecule has 0 unspecified atom stereocenters. The number of hydrogen-bond acceptors (Lipinski definition) is 3. The van der Waals surface area contributed by atoms with E-state index in [0.717, 1.165) is 5.69 Å². The lowest BCUT2D eigenvalue weighted by molar-refractivity contribution is 0.0527. The molecule has 0 radical (unpaired) electrons. The highest BCUT2D eigenvalue weighted by atomic mass is 35.5. The van der Waals surface area contributed by atoms with E-state index in [1.54, 1.807) is 19.2 Å². The van der Waals surface area contributed by atoms with Gasteiger partial charge in [-0.25, -0.2) is 4.79 Å². The predicted octanol–water partition coefficient (Wildman–Crippen LogP) is 3.33. The lowest BCUT2D eigenvalue weighted by Crippen LogP contribution is -2.03. The second-order valence-corrected chi connectivity index (χ2v) is 3.72. The van der Waals surface area contributed by atoms with Gasteiger partial charge < -0.3 is 9.72 Å².